The summed E-state index contributed by atoms with van der Waals surface area (Å²) in [6.07, 6.45) is 6.36. The van der Waals surface area contributed by atoms with Gasteiger partial charge in [0.1, 0.15) is 24.2 Å². The smallest absolute Gasteiger partial charge is 0.255 e. The fourth-order valence-corrected chi connectivity index (χ4v) is 2.88. The van der Waals surface area contributed by atoms with E-state index < -0.39 is 6.04 Å². The summed E-state index contributed by atoms with van der Waals surface area (Å²) in [5.41, 5.74) is 0.399. The van der Waals surface area contributed by atoms with Crippen LogP contribution in [-0.4, -0.2) is 51.9 Å². The number of carbonyl (C=O) groups is 2. The second-order valence-corrected chi connectivity index (χ2v) is 5.86. The molecule has 8 nitrogen and oxygen atoms in total. The van der Waals surface area contributed by atoms with Gasteiger partial charge in [-0.2, -0.15) is 0 Å². The standard InChI is InChI=1S/C16H21N5O3.ClH/c1-11(19-15(22)12-3-8-24-10-12)16(23)21-7-4-17-9-13(21)14-18-5-6-20(14)2;/h3,5-6,8,10-11,13,17H,4,7,9H2,1-2H3,(H,19,22);1H. The Bertz CT molecular complexity index is 715. The van der Waals surface area contributed by atoms with Crippen molar-refractivity contribution in [2.24, 2.45) is 7.05 Å². The quantitative estimate of drug-likeness (QED) is 0.831. The van der Waals surface area contributed by atoms with E-state index >= 15 is 0 Å². The molecule has 0 aromatic carbocycles. The zero-order valence-corrected chi connectivity index (χ0v) is 15.0. The number of piperazine rings is 1. The van der Waals surface area contributed by atoms with Crippen LogP contribution < -0.4 is 10.6 Å². The maximum Gasteiger partial charge on any atom is 0.255 e. The average molecular weight is 368 g/mol. The van der Waals surface area contributed by atoms with Crippen LogP contribution in [0.15, 0.2) is 35.4 Å². The number of aromatic nitrogens is 2. The molecule has 2 atom stereocenters. The predicted octanol–water partition coefficient (Wildman–Crippen LogP) is 0.726. The zero-order valence-electron chi connectivity index (χ0n) is 14.1. The number of halogens is 1. The van der Waals surface area contributed by atoms with Crippen LogP contribution in [0, 0.1) is 0 Å². The van der Waals surface area contributed by atoms with Crippen LogP contribution in [-0.2, 0) is 11.8 Å². The second kappa shape index (κ2) is 8.17. The third-order valence-electron chi connectivity index (χ3n) is 4.18. The molecule has 0 saturated carbocycles. The van der Waals surface area contributed by atoms with Crippen molar-refractivity contribution in [1.82, 2.24) is 25.1 Å². The number of imidazole rings is 1. The molecule has 1 aliphatic rings. The van der Waals surface area contributed by atoms with Crippen molar-refractivity contribution in [2.45, 2.75) is 19.0 Å². The predicted molar refractivity (Wildman–Crippen MR) is 93.4 cm³/mol. The van der Waals surface area contributed by atoms with E-state index in [4.69, 9.17) is 4.42 Å². The normalized spacial score (nSPS) is 18.3. The minimum absolute atomic E-state index is 0. The van der Waals surface area contributed by atoms with Crippen molar-refractivity contribution in [1.29, 1.82) is 0 Å². The summed E-state index contributed by atoms with van der Waals surface area (Å²) in [7, 11) is 1.91. The highest BCUT2D eigenvalue weighted by molar-refractivity contribution is 5.97. The molecular weight excluding hydrogens is 346 g/mol. The Morgan fingerprint density at radius 1 is 1.48 bits per heavy atom. The van der Waals surface area contributed by atoms with Crippen molar-refractivity contribution >= 4 is 24.2 Å². The fraction of sp³-hybridized carbons (Fsp3) is 0.438. The van der Waals surface area contributed by atoms with E-state index in [1.165, 1.54) is 12.5 Å². The zero-order chi connectivity index (χ0) is 17.1. The van der Waals surface area contributed by atoms with Gasteiger partial charge in [0.25, 0.3) is 5.91 Å². The van der Waals surface area contributed by atoms with Crippen LogP contribution >= 0.6 is 12.4 Å². The number of amides is 2. The molecule has 2 amide bonds. The van der Waals surface area contributed by atoms with Crippen molar-refractivity contribution < 1.29 is 14.0 Å². The van der Waals surface area contributed by atoms with Gasteiger partial charge in [-0.3, -0.25) is 9.59 Å². The van der Waals surface area contributed by atoms with Gasteiger partial charge in [-0.15, -0.1) is 12.4 Å². The van der Waals surface area contributed by atoms with Gasteiger partial charge in [-0.05, 0) is 13.0 Å². The third kappa shape index (κ3) is 4.02. The van der Waals surface area contributed by atoms with Crippen LogP contribution in [0.25, 0.3) is 0 Å². The first kappa shape index (κ1) is 19.0. The van der Waals surface area contributed by atoms with E-state index in [1.54, 1.807) is 24.1 Å². The summed E-state index contributed by atoms with van der Waals surface area (Å²) in [4.78, 5) is 31.1. The molecule has 1 fully saturated rings. The first-order chi connectivity index (χ1) is 11.6. The van der Waals surface area contributed by atoms with E-state index in [0.717, 1.165) is 12.4 Å². The number of aryl methyl sites for hydroxylation is 1. The Morgan fingerprint density at radius 2 is 2.28 bits per heavy atom. The molecule has 2 aromatic heterocycles. The SMILES string of the molecule is CC(NC(=O)c1ccoc1)C(=O)N1CCNCC1c1nccn1C.Cl. The summed E-state index contributed by atoms with van der Waals surface area (Å²) >= 11 is 0. The molecule has 0 radical (unpaired) electrons. The van der Waals surface area contributed by atoms with Gasteiger partial charge in [0, 0.05) is 39.1 Å². The number of rotatable bonds is 4. The molecule has 2 unspecified atom stereocenters. The van der Waals surface area contributed by atoms with Gasteiger partial charge in [-0.1, -0.05) is 0 Å². The van der Waals surface area contributed by atoms with Gasteiger partial charge in [-0.25, -0.2) is 4.98 Å². The minimum Gasteiger partial charge on any atom is -0.472 e. The molecule has 3 heterocycles. The van der Waals surface area contributed by atoms with Gasteiger partial charge < -0.3 is 24.5 Å². The van der Waals surface area contributed by atoms with Crippen LogP contribution in [0.4, 0.5) is 0 Å². The lowest BCUT2D eigenvalue weighted by Gasteiger charge is -2.37. The lowest BCUT2D eigenvalue weighted by atomic mass is 10.1. The van der Waals surface area contributed by atoms with E-state index in [0.29, 0.717) is 18.7 Å². The summed E-state index contributed by atoms with van der Waals surface area (Å²) < 4.78 is 6.81. The number of hydrogen-bond donors (Lipinski definition) is 2. The Kier molecular flexibility index (Phi) is 6.22. The molecule has 136 valence electrons. The van der Waals surface area contributed by atoms with E-state index in [9.17, 15) is 9.59 Å². The van der Waals surface area contributed by atoms with Crippen LogP contribution in [0.2, 0.25) is 0 Å². The minimum atomic E-state index is -0.631. The molecule has 0 bridgehead atoms. The summed E-state index contributed by atoms with van der Waals surface area (Å²) in [6, 6.07) is 0.779. The molecule has 2 aromatic rings. The number of carbonyl (C=O) groups excluding carboxylic acids is 2. The lowest BCUT2D eigenvalue weighted by Crippen LogP contribution is -2.54. The first-order valence-corrected chi connectivity index (χ1v) is 7.89. The van der Waals surface area contributed by atoms with Gasteiger partial charge in [0.05, 0.1) is 11.8 Å². The fourth-order valence-electron chi connectivity index (χ4n) is 2.88. The summed E-state index contributed by atoms with van der Waals surface area (Å²) in [5.74, 6) is 0.374. The van der Waals surface area contributed by atoms with E-state index in [1.807, 2.05) is 17.8 Å². The van der Waals surface area contributed by atoms with Crippen LogP contribution in [0.5, 0.6) is 0 Å². The third-order valence-corrected chi connectivity index (χ3v) is 4.18. The highest BCUT2D eigenvalue weighted by atomic mass is 35.5. The number of furan rings is 1. The monoisotopic (exact) mass is 367 g/mol. The van der Waals surface area contributed by atoms with E-state index in [-0.39, 0.29) is 30.3 Å². The van der Waals surface area contributed by atoms with Crippen LogP contribution in [0.1, 0.15) is 29.1 Å². The highest BCUT2D eigenvalue weighted by Crippen LogP contribution is 2.21. The molecule has 9 heteroatoms. The van der Waals surface area contributed by atoms with Crippen LogP contribution in [0.3, 0.4) is 0 Å². The van der Waals surface area contributed by atoms with Gasteiger partial charge in [0.2, 0.25) is 5.91 Å². The topological polar surface area (TPSA) is 92.4 Å². The van der Waals surface area contributed by atoms with Gasteiger partial charge >= 0.3 is 0 Å². The molecule has 0 spiro atoms. The molecule has 1 saturated heterocycles. The number of nitrogens with zero attached hydrogens (tertiary/aromatic N) is 3. The molecular formula is C16H22ClN5O3. The van der Waals surface area contributed by atoms with Crippen molar-refractivity contribution in [3.8, 4) is 0 Å². The molecule has 3 rings (SSSR count). The largest absolute Gasteiger partial charge is 0.472 e. The Balaban J connectivity index is 0.00000225. The molecule has 2 N–H and O–H groups in total. The van der Waals surface area contributed by atoms with Crippen molar-refractivity contribution in [2.75, 3.05) is 19.6 Å². The Morgan fingerprint density at radius 3 is 2.92 bits per heavy atom. The summed E-state index contributed by atoms with van der Waals surface area (Å²) in [5, 5.41) is 6.01. The molecule has 0 aliphatic carbocycles. The average Bonchev–Trinajstić information content (AvgIpc) is 3.25. The first-order valence-electron chi connectivity index (χ1n) is 7.89. The Hall–Kier alpha value is -2.32. The maximum atomic E-state index is 12.8. The van der Waals surface area contributed by atoms with Gasteiger partial charge in [0.15, 0.2) is 0 Å². The summed E-state index contributed by atoms with van der Waals surface area (Å²) in [6.45, 7) is 3.62. The van der Waals surface area contributed by atoms with Crippen molar-refractivity contribution in [3.05, 3.63) is 42.4 Å². The second-order valence-electron chi connectivity index (χ2n) is 5.86. The highest BCUT2D eigenvalue weighted by Gasteiger charge is 2.33. The lowest BCUT2D eigenvalue weighted by molar-refractivity contribution is -0.136. The number of hydrogen-bond acceptors (Lipinski definition) is 5. The van der Waals surface area contributed by atoms with Crippen molar-refractivity contribution in [3.63, 3.8) is 0 Å². The Labute approximate surface area is 152 Å². The maximum absolute atomic E-state index is 12.8. The van der Waals surface area contributed by atoms with E-state index in [2.05, 4.69) is 15.6 Å². The number of nitrogens with one attached hydrogen (secondary N) is 2. The molecule has 25 heavy (non-hydrogen) atoms. The molecule has 1 aliphatic heterocycles.